The third-order valence-corrected chi connectivity index (χ3v) is 4.48. The summed E-state index contributed by atoms with van der Waals surface area (Å²) in [5, 5.41) is 1.59. The lowest BCUT2D eigenvalue weighted by molar-refractivity contribution is 0.104. The Morgan fingerprint density at radius 2 is 1.90 bits per heavy atom. The summed E-state index contributed by atoms with van der Waals surface area (Å²) < 4.78 is 0. The van der Waals surface area contributed by atoms with E-state index < -0.39 is 0 Å². The molecule has 21 heavy (non-hydrogen) atoms. The number of halogens is 1. The maximum atomic E-state index is 12.8. The van der Waals surface area contributed by atoms with Crippen LogP contribution in [-0.2, 0) is 12.8 Å². The molecule has 1 heterocycles. The average molecular weight is 296 g/mol. The molecule has 0 saturated carbocycles. The van der Waals surface area contributed by atoms with E-state index in [-0.39, 0.29) is 5.78 Å². The van der Waals surface area contributed by atoms with Gasteiger partial charge in [-0.05, 0) is 48.6 Å². The number of ketones is 1. The second kappa shape index (κ2) is 4.74. The summed E-state index contributed by atoms with van der Waals surface area (Å²) in [6, 6.07) is 11.7. The van der Waals surface area contributed by atoms with Crippen molar-refractivity contribution in [2.75, 3.05) is 0 Å². The first kappa shape index (κ1) is 12.7. The third-order valence-electron chi connectivity index (χ3n) is 4.25. The number of rotatable bonds is 2. The number of aromatic nitrogens is 1. The number of hydrogen-bond acceptors (Lipinski definition) is 1. The highest BCUT2D eigenvalue weighted by Gasteiger charge is 2.17. The van der Waals surface area contributed by atoms with Gasteiger partial charge in [-0.15, -0.1) is 0 Å². The first-order chi connectivity index (χ1) is 10.2. The van der Waals surface area contributed by atoms with Crippen molar-refractivity contribution in [3.8, 4) is 0 Å². The van der Waals surface area contributed by atoms with Crippen LogP contribution in [0.25, 0.3) is 10.9 Å². The normalized spacial score (nSPS) is 13.6. The number of fused-ring (bicyclic) bond motifs is 2. The Kier molecular flexibility index (Phi) is 2.86. The smallest absolute Gasteiger partial charge is 0.195 e. The zero-order valence-corrected chi connectivity index (χ0v) is 12.2. The Morgan fingerprint density at radius 1 is 1.05 bits per heavy atom. The van der Waals surface area contributed by atoms with Crippen molar-refractivity contribution in [2.24, 2.45) is 0 Å². The SMILES string of the molecule is O=C(c1ccc2c(c1)CCC2)c1c[nH]c2cc(Cl)ccc12. The van der Waals surface area contributed by atoms with Gasteiger partial charge >= 0.3 is 0 Å². The molecular formula is C18H14ClNO. The van der Waals surface area contributed by atoms with Gasteiger partial charge in [-0.1, -0.05) is 29.8 Å². The van der Waals surface area contributed by atoms with Crippen LogP contribution in [0.2, 0.25) is 5.02 Å². The lowest BCUT2D eigenvalue weighted by atomic mass is 9.99. The molecule has 3 heteroatoms. The molecule has 104 valence electrons. The number of carbonyl (C=O) groups is 1. The van der Waals surface area contributed by atoms with Crippen LogP contribution < -0.4 is 0 Å². The largest absolute Gasteiger partial charge is 0.360 e. The number of benzene rings is 2. The molecule has 3 aromatic rings. The Balaban J connectivity index is 1.79. The highest BCUT2D eigenvalue weighted by Crippen LogP contribution is 2.27. The van der Waals surface area contributed by atoms with E-state index in [2.05, 4.69) is 17.1 Å². The molecule has 1 N–H and O–H groups in total. The number of aryl methyl sites for hydroxylation is 2. The molecule has 2 nitrogen and oxygen atoms in total. The second-order valence-corrected chi connectivity index (χ2v) is 5.99. The van der Waals surface area contributed by atoms with Crippen LogP contribution in [0.1, 0.15) is 33.5 Å². The molecule has 0 bridgehead atoms. The molecule has 0 amide bonds. The van der Waals surface area contributed by atoms with Gasteiger partial charge in [-0.3, -0.25) is 4.79 Å². The Bertz CT molecular complexity index is 863. The van der Waals surface area contributed by atoms with Gasteiger partial charge in [0.05, 0.1) is 0 Å². The van der Waals surface area contributed by atoms with E-state index in [0.29, 0.717) is 10.6 Å². The molecule has 0 spiro atoms. The van der Waals surface area contributed by atoms with E-state index in [4.69, 9.17) is 11.6 Å². The fourth-order valence-corrected chi connectivity index (χ4v) is 3.33. The van der Waals surface area contributed by atoms with E-state index >= 15 is 0 Å². The fraction of sp³-hybridized carbons (Fsp3) is 0.167. The lowest BCUT2D eigenvalue weighted by Gasteiger charge is -2.04. The van der Waals surface area contributed by atoms with E-state index in [1.807, 2.05) is 24.3 Å². The predicted octanol–water partition coefficient (Wildman–Crippen LogP) is 4.54. The minimum Gasteiger partial charge on any atom is -0.360 e. The van der Waals surface area contributed by atoms with Gasteiger partial charge in [-0.2, -0.15) is 0 Å². The molecule has 0 fully saturated rings. The standard InChI is InChI=1S/C18H14ClNO/c19-14-6-7-15-16(10-20-17(15)9-14)18(21)13-5-4-11-2-1-3-12(11)8-13/h4-10,20H,1-3H2. The van der Waals surface area contributed by atoms with Crippen LogP contribution in [0, 0.1) is 0 Å². The summed E-state index contributed by atoms with van der Waals surface area (Å²) in [5.41, 5.74) is 5.08. The zero-order chi connectivity index (χ0) is 14.4. The molecule has 0 atom stereocenters. The van der Waals surface area contributed by atoms with Gasteiger partial charge in [0.1, 0.15) is 0 Å². The molecule has 0 unspecified atom stereocenters. The average Bonchev–Trinajstić information content (AvgIpc) is 3.11. The van der Waals surface area contributed by atoms with Crippen LogP contribution in [-0.4, -0.2) is 10.8 Å². The van der Waals surface area contributed by atoms with Crippen molar-refractivity contribution in [3.63, 3.8) is 0 Å². The first-order valence-corrected chi connectivity index (χ1v) is 7.53. The van der Waals surface area contributed by atoms with Gasteiger partial charge < -0.3 is 4.98 Å². The van der Waals surface area contributed by atoms with Crippen LogP contribution in [0.15, 0.2) is 42.6 Å². The topological polar surface area (TPSA) is 32.9 Å². The summed E-state index contributed by atoms with van der Waals surface area (Å²) in [6.45, 7) is 0. The van der Waals surface area contributed by atoms with Crippen molar-refractivity contribution in [3.05, 3.63) is 69.9 Å². The quantitative estimate of drug-likeness (QED) is 0.692. The summed E-state index contributed by atoms with van der Waals surface area (Å²) in [6.07, 6.45) is 5.18. The zero-order valence-electron chi connectivity index (χ0n) is 11.4. The van der Waals surface area contributed by atoms with Gasteiger partial charge in [0.25, 0.3) is 0 Å². The van der Waals surface area contributed by atoms with E-state index in [1.54, 1.807) is 6.20 Å². The lowest BCUT2D eigenvalue weighted by Crippen LogP contribution is -2.01. The van der Waals surface area contributed by atoms with Crippen molar-refractivity contribution < 1.29 is 4.79 Å². The van der Waals surface area contributed by atoms with Crippen LogP contribution in [0.4, 0.5) is 0 Å². The molecule has 0 aliphatic heterocycles. The molecule has 1 aromatic heterocycles. The summed E-state index contributed by atoms with van der Waals surface area (Å²) >= 11 is 5.98. The van der Waals surface area contributed by atoms with Crippen LogP contribution in [0.3, 0.4) is 0 Å². The van der Waals surface area contributed by atoms with E-state index in [0.717, 1.165) is 29.3 Å². The Hall–Kier alpha value is -2.06. The van der Waals surface area contributed by atoms with Crippen LogP contribution in [0.5, 0.6) is 0 Å². The maximum Gasteiger partial charge on any atom is 0.195 e. The first-order valence-electron chi connectivity index (χ1n) is 7.15. The van der Waals surface area contributed by atoms with E-state index in [9.17, 15) is 4.79 Å². The van der Waals surface area contributed by atoms with Gasteiger partial charge in [0, 0.05) is 33.2 Å². The molecule has 4 rings (SSSR count). The summed E-state index contributed by atoms with van der Waals surface area (Å²) in [5.74, 6) is 0.0678. The second-order valence-electron chi connectivity index (χ2n) is 5.56. The molecule has 0 radical (unpaired) electrons. The predicted molar refractivity (Wildman–Crippen MR) is 85.2 cm³/mol. The highest BCUT2D eigenvalue weighted by molar-refractivity contribution is 6.31. The molecular weight excluding hydrogens is 282 g/mol. The Morgan fingerprint density at radius 3 is 2.81 bits per heavy atom. The van der Waals surface area contributed by atoms with E-state index in [1.165, 1.54) is 17.5 Å². The molecule has 1 aliphatic rings. The maximum absolute atomic E-state index is 12.8. The summed E-state index contributed by atoms with van der Waals surface area (Å²) in [4.78, 5) is 15.9. The number of nitrogens with one attached hydrogen (secondary N) is 1. The third kappa shape index (κ3) is 2.07. The molecule has 1 aliphatic carbocycles. The van der Waals surface area contributed by atoms with Crippen molar-refractivity contribution in [1.82, 2.24) is 4.98 Å². The molecule has 0 saturated heterocycles. The number of H-pyrrole nitrogens is 1. The summed E-state index contributed by atoms with van der Waals surface area (Å²) in [7, 11) is 0. The highest BCUT2D eigenvalue weighted by atomic mass is 35.5. The number of aromatic amines is 1. The Labute approximate surface area is 127 Å². The molecule has 2 aromatic carbocycles. The van der Waals surface area contributed by atoms with Crippen molar-refractivity contribution in [2.45, 2.75) is 19.3 Å². The van der Waals surface area contributed by atoms with Crippen molar-refractivity contribution >= 4 is 28.3 Å². The van der Waals surface area contributed by atoms with Gasteiger partial charge in [0.2, 0.25) is 0 Å². The number of carbonyl (C=O) groups excluding carboxylic acids is 1. The monoisotopic (exact) mass is 295 g/mol. The minimum atomic E-state index is 0.0678. The van der Waals surface area contributed by atoms with Crippen molar-refractivity contribution in [1.29, 1.82) is 0 Å². The minimum absolute atomic E-state index is 0.0678. The number of hydrogen-bond donors (Lipinski definition) is 1. The van der Waals surface area contributed by atoms with Gasteiger partial charge in [0.15, 0.2) is 5.78 Å². The fourth-order valence-electron chi connectivity index (χ4n) is 3.15. The van der Waals surface area contributed by atoms with Gasteiger partial charge in [-0.25, -0.2) is 0 Å². The van der Waals surface area contributed by atoms with Crippen LogP contribution >= 0.6 is 11.6 Å².